The van der Waals surface area contributed by atoms with Gasteiger partial charge < -0.3 is 8.83 Å². The van der Waals surface area contributed by atoms with E-state index in [1.807, 2.05) is 41.7 Å². The molecule has 5 aromatic carbocycles. The van der Waals surface area contributed by atoms with Crippen LogP contribution in [0.3, 0.4) is 0 Å². The molecule has 0 saturated carbocycles. The number of aromatic nitrogens is 1. The Kier molecular flexibility index (Phi) is 3.82. The van der Waals surface area contributed by atoms with Crippen LogP contribution >= 0.6 is 11.3 Å². The van der Waals surface area contributed by atoms with Crippen molar-refractivity contribution >= 4 is 64.5 Å². The van der Waals surface area contributed by atoms with Gasteiger partial charge in [-0.3, -0.25) is 0 Å². The number of benzene rings is 5. The molecular formula is C31H17NO2S. The van der Waals surface area contributed by atoms with Crippen molar-refractivity contribution in [3.05, 3.63) is 103 Å². The van der Waals surface area contributed by atoms with Gasteiger partial charge in [0.2, 0.25) is 5.89 Å². The molecule has 8 rings (SSSR count). The Bertz CT molecular complexity index is 2080. The fourth-order valence-electron chi connectivity index (χ4n) is 5.06. The molecule has 0 radical (unpaired) electrons. The number of thiophene rings is 1. The van der Waals surface area contributed by atoms with Crippen molar-refractivity contribution in [2.75, 3.05) is 0 Å². The normalized spacial score (nSPS) is 12.0. The van der Waals surface area contributed by atoms with Gasteiger partial charge in [-0.05, 0) is 41.5 Å². The molecule has 35 heavy (non-hydrogen) atoms. The molecule has 0 amide bonds. The van der Waals surface area contributed by atoms with Gasteiger partial charge >= 0.3 is 0 Å². The van der Waals surface area contributed by atoms with Crippen molar-refractivity contribution in [2.45, 2.75) is 0 Å². The minimum absolute atomic E-state index is 0.613. The maximum atomic E-state index is 6.26. The highest BCUT2D eigenvalue weighted by Gasteiger charge is 2.15. The molecule has 164 valence electrons. The molecule has 0 fully saturated rings. The summed E-state index contributed by atoms with van der Waals surface area (Å²) in [5.74, 6) is 0.613. The molecule has 3 nitrogen and oxygen atoms in total. The van der Waals surface area contributed by atoms with Gasteiger partial charge in [0.1, 0.15) is 16.7 Å². The molecule has 0 saturated heterocycles. The minimum Gasteiger partial charge on any atom is -0.456 e. The summed E-state index contributed by atoms with van der Waals surface area (Å²) < 4.78 is 14.9. The summed E-state index contributed by atoms with van der Waals surface area (Å²) >= 11 is 1.84. The second kappa shape index (κ2) is 7.05. The molecule has 0 aliphatic heterocycles. The van der Waals surface area contributed by atoms with Gasteiger partial charge in [-0.1, -0.05) is 66.7 Å². The number of oxazole rings is 1. The predicted octanol–water partition coefficient (Wildman–Crippen LogP) is 9.43. The Balaban J connectivity index is 1.28. The third-order valence-corrected chi connectivity index (χ3v) is 7.93. The molecule has 0 spiro atoms. The van der Waals surface area contributed by atoms with Crippen molar-refractivity contribution in [3.8, 4) is 22.6 Å². The number of nitrogens with zero attached hydrogens (tertiary/aromatic N) is 1. The van der Waals surface area contributed by atoms with Crippen molar-refractivity contribution in [1.82, 2.24) is 4.98 Å². The number of rotatable bonds is 2. The van der Waals surface area contributed by atoms with E-state index in [0.717, 1.165) is 44.2 Å². The van der Waals surface area contributed by atoms with Crippen LogP contribution in [0.15, 0.2) is 112 Å². The minimum atomic E-state index is 0.613. The summed E-state index contributed by atoms with van der Waals surface area (Å²) in [7, 11) is 0. The van der Waals surface area contributed by atoms with Crippen molar-refractivity contribution < 1.29 is 8.83 Å². The summed E-state index contributed by atoms with van der Waals surface area (Å²) in [6.07, 6.45) is 0. The number of furan rings is 1. The van der Waals surface area contributed by atoms with Crippen LogP contribution in [0.2, 0.25) is 0 Å². The zero-order valence-corrected chi connectivity index (χ0v) is 19.3. The van der Waals surface area contributed by atoms with E-state index in [9.17, 15) is 0 Å². The molecular weight excluding hydrogens is 450 g/mol. The van der Waals surface area contributed by atoms with Crippen LogP contribution in [0.1, 0.15) is 0 Å². The average Bonchev–Trinajstić information content (AvgIpc) is 3.60. The number of para-hydroxylation sites is 1. The maximum Gasteiger partial charge on any atom is 0.227 e. The van der Waals surface area contributed by atoms with E-state index in [2.05, 4.69) is 72.8 Å². The van der Waals surface area contributed by atoms with E-state index >= 15 is 0 Å². The first-order chi connectivity index (χ1) is 17.3. The molecule has 0 aliphatic rings. The molecule has 3 aromatic heterocycles. The zero-order chi connectivity index (χ0) is 22.9. The van der Waals surface area contributed by atoms with Crippen LogP contribution in [-0.2, 0) is 0 Å². The van der Waals surface area contributed by atoms with E-state index in [-0.39, 0.29) is 0 Å². The Hall–Kier alpha value is -4.41. The summed E-state index contributed by atoms with van der Waals surface area (Å²) in [4.78, 5) is 4.81. The Labute approximate surface area is 203 Å². The van der Waals surface area contributed by atoms with Gasteiger partial charge in [-0.15, -0.1) is 11.3 Å². The highest BCUT2D eigenvalue weighted by Crippen LogP contribution is 2.41. The van der Waals surface area contributed by atoms with E-state index in [0.29, 0.717) is 5.89 Å². The quantitative estimate of drug-likeness (QED) is 0.254. The number of hydrogen-bond donors (Lipinski definition) is 0. The van der Waals surface area contributed by atoms with Crippen molar-refractivity contribution in [2.24, 2.45) is 0 Å². The highest BCUT2D eigenvalue weighted by molar-refractivity contribution is 7.26. The van der Waals surface area contributed by atoms with Gasteiger partial charge in [-0.25, -0.2) is 4.98 Å². The lowest BCUT2D eigenvalue weighted by atomic mass is 10.0. The first-order valence-corrected chi connectivity index (χ1v) is 12.4. The highest BCUT2D eigenvalue weighted by atomic mass is 32.1. The summed E-state index contributed by atoms with van der Waals surface area (Å²) in [6, 6.07) is 35.7. The fourth-order valence-corrected chi connectivity index (χ4v) is 6.30. The van der Waals surface area contributed by atoms with E-state index in [4.69, 9.17) is 13.8 Å². The number of hydrogen-bond acceptors (Lipinski definition) is 4. The molecule has 0 aliphatic carbocycles. The third-order valence-electron chi connectivity index (χ3n) is 6.71. The Morgan fingerprint density at radius 1 is 0.543 bits per heavy atom. The van der Waals surface area contributed by atoms with E-state index in [1.54, 1.807) is 0 Å². The van der Waals surface area contributed by atoms with Crippen LogP contribution in [0.5, 0.6) is 0 Å². The van der Waals surface area contributed by atoms with Gasteiger partial charge in [-0.2, -0.15) is 0 Å². The average molecular weight is 468 g/mol. The second-order valence-electron chi connectivity index (χ2n) is 8.79. The fraction of sp³-hybridized carbons (Fsp3) is 0. The van der Waals surface area contributed by atoms with Crippen LogP contribution in [0.4, 0.5) is 0 Å². The van der Waals surface area contributed by atoms with Crippen LogP contribution in [0, 0.1) is 0 Å². The first kappa shape index (κ1) is 19.0. The lowest BCUT2D eigenvalue weighted by Crippen LogP contribution is -1.82. The summed E-state index contributed by atoms with van der Waals surface area (Å²) in [5.41, 5.74) is 6.59. The largest absolute Gasteiger partial charge is 0.456 e. The first-order valence-electron chi connectivity index (χ1n) is 11.5. The maximum absolute atomic E-state index is 6.26. The molecule has 8 aromatic rings. The summed E-state index contributed by atoms with van der Waals surface area (Å²) in [6.45, 7) is 0. The van der Waals surface area contributed by atoms with Crippen LogP contribution in [-0.4, -0.2) is 4.98 Å². The standard InChI is InChI=1S/C31H17NO2S/c1-3-13-26-21(9-1)24-16-28-25(17-27(24)33-26)32-31(34-28)19-8-5-7-18(15-19)20-11-6-12-23-22-10-2-4-14-29(22)35-30(20)23/h1-17H. The van der Waals surface area contributed by atoms with Crippen molar-refractivity contribution in [3.63, 3.8) is 0 Å². The molecule has 0 bridgehead atoms. The second-order valence-corrected chi connectivity index (χ2v) is 9.85. The van der Waals surface area contributed by atoms with Gasteiger partial charge in [0, 0.05) is 42.6 Å². The monoisotopic (exact) mass is 467 g/mol. The number of fused-ring (bicyclic) bond motifs is 7. The lowest BCUT2D eigenvalue weighted by Gasteiger charge is -2.05. The predicted molar refractivity (Wildman–Crippen MR) is 145 cm³/mol. The molecule has 0 atom stereocenters. The Morgan fingerprint density at radius 3 is 2.31 bits per heavy atom. The lowest BCUT2D eigenvalue weighted by molar-refractivity contribution is 0.620. The van der Waals surface area contributed by atoms with E-state index < -0.39 is 0 Å². The molecule has 3 heterocycles. The third kappa shape index (κ3) is 2.81. The van der Waals surface area contributed by atoms with Gasteiger partial charge in [0.05, 0.1) is 0 Å². The van der Waals surface area contributed by atoms with Crippen molar-refractivity contribution in [1.29, 1.82) is 0 Å². The van der Waals surface area contributed by atoms with E-state index in [1.165, 1.54) is 25.7 Å². The zero-order valence-electron chi connectivity index (χ0n) is 18.5. The van der Waals surface area contributed by atoms with Crippen LogP contribution in [0.25, 0.3) is 75.8 Å². The SMILES string of the molecule is c1cc(-c2nc3cc4oc5ccccc5c4cc3o2)cc(-c2cccc3c2sc2ccccc23)c1. The topological polar surface area (TPSA) is 39.2 Å². The smallest absolute Gasteiger partial charge is 0.227 e. The van der Waals surface area contributed by atoms with Crippen LogP contribution < -0.4 is 0 Å². The Morgan fingerprint density at radius 2 is 1.34 bits per heavy atom. The molecule has 4 heteroatoms. The summed E-state index contributed by atoms with van der Waals surface area (Å²) in [5, 5.41) is 4.73. The van der Waals surface area contributed by atoms with Gasteiger partial charge in [0.25, 0.3) is 0 Å². The molecule has 0 unspecified atom stereocenters. The van der Waals surface area contributed by atoms with Gasteiger partial charge in [0.15, 0.2) is 5.58 Å². The molecule has 0 N–H and O–H groups in total.